The van der Waals surface area contributed by atoms with E-state index in [9.17, 15) is 0 Å². The number of imidazole rings is 1. The summed E-state index contributed by atoms with van der Waals surface area (Å²) >= 11 is 0. The van der Waals surface area contributed by atoms with Crippen molar-refractivity contribution >= 4 is 0 Å². The fraction of sp³-hybridized carbons (Fsp3) is 0.500. The van der Waals surface area contributed by atoms with Gasteiger partial charge in [-0.25, -0.2) is 4.98 Å². The summed E-state index contributed by atoms with van der Waals surface area (Å²) in [5.41, 5.74) is 1.13. The van der Waals surface area contributed by atoms with E-state index in [1.54, 1.807) is 0 Å². The van der Waals surface area contributed by atoms with Crippen LogP contribution in [-0.4, -0.2) is 16.1 Å². The Bertz CT molecular complexity index is 513. The van der Waals surface area contributed by atoms with Gasteiger partial charge in [-0.1, -0.05) is 6.92 Å². The molecule has 0 saturated heterocycles. The maximum Gasteiger partial charge on any atom is 0.127 e. The zero-order valence-electron chi connectivity index (χ0n) is 11.5. The first-order chi connectivity index (χ1) is 8.63. The maximum absolute atomic E-state index is 5.76. The van der Waals surface area contributed by atoms with Crippen LogP contribution in [-0.2, 0) is 7.05 Å². The Kier molecular flexibility index (Phi) is 3.87. The summed E-state index contributed by atoms with van der Waals surface area (Å²) in [5.74, 6) is 2.90. The van der Waals surface area contributed by atoms with Gasteiger partial charge in [-0.3, -0.25) is 0 Å². The Morgan fingerprint density at radius 2 is 2.17 bits per heavy atom. The lowest BCUT2D eigenvalue weighted by Gasteiger charge is -2.17. The van der Waals surface area contributed by atoms with Crippen molar-refractivity contribution in [1.82, 2.24) is 14.9 Å². The summed E-state index contributed by atoms with van der Waals surface area (Å²) in [6.45, 7) is 7.09. The molecule has 0 saturated carbocycles. The van der Waals surface area contributed by atoms with E-state index in [0.29, 0.717) is 0 Å². The molecule has 1 unspecified atom stereocenters. The van der Waals surface area contributed by atoms with Crippen LogP contribution in [0.5, 0.6) is 0 Å². The molecule has 4 heteroatoms. The van der Waals surface area contributed by atoms with Crippen LogP contribution >= 0.6 is 0 Å². The summed E-state index contributed by atoms with van der Waals surface area (Å²) in [5, 5.41) is 3.51. The average molecular weight is 247 g/mol. The number of nitrogens with one attached hydrogen (secondary N) is 1. The Morgan fingerprint density at radius 3 is 2.67 bits per heavy atom. The van der Waals surface area contributed by atoms with Crippen LogP contribution < -0.4 is 5.32 Å². The number of aryl methyl sites for hydroxylation is 2. The molecule has 2 aromatic heterocycles. The largest absolute Gasteiger partial charge is 0.464 e. The van der Waals surface area contributed by atoms with Gasteiger partial charge in [-0.2, -0.15) is 0 Å². The Labute approximate surface area is 108 Å². The molecule has 1 atom stereocenters. The first kappa shape index (κ1) is 12.9. The van der Waals surface area contributed by atoms with Crippen LogP contribution in [0.1, 0.15) is 42.4 Å². The van der Waals surface area contributed by atoms with Crippen molar-refractivity contribution in [3.63, 3.8) is 0 Å². The zero-order valence-corrected chi connectivity index (χ0v) is 11.5. The van der Waals surface area contributed by atoms with Gasteiger partial charge in [0.2, 0.25) is 0 Å². The van der Waals surface area contributed by atoms with Gasteiger partial charge < -0.3 is 14.3 Å². The molecule has 0 aliphatic heterocycles. The van der Waals surface area contributed by atoms with Crippen molar-refractivity contribution in [2.75, 3.05) is 6.54 Å². The third-order valence-corrected chi connectivity index (χ3v) is 3.20. The number of rotatable bonds is 5. The minimum atomic E-state index is 0.0739. The number of nitrogens with zero attached hydrogens (tertiary/aromatic N) is 2. The molecule has 2 rings (SSSR count). The normalized spacial score (nSPS) is 12.9. The highest BCUT2D eigenvalue weighted by atomic mass is 16.3. The van der Waals surface area contributed by atoms with E-state index in [4.69, 9.17) is 4.42 Å². The van der Waals surface area contributed by atoms with Crippen LogP contribution in [0, 0.1) is 13.8 Å². The molecule has 0 spiro atoms. The van der Waals surface area contributed by atoms with Gasteiger partial charge in [-0.15, -0.1) is 0 Å². The lowest BCUT2D eigenvalue weighted by atomic mass is 10.1. The summed E-state index contributed by atoms with van der Waals surface area (Å²) in [6.07, 6.45) is 3.01. The fourth-order valence-corrected chi connectivity index (χ4v) is 2.04. The molecule has 2 aromatic rings. The summed E-state index contributed by atoms with van der Waals surface area (Å²) in [4.78, 5) is 4.36. The molecule has 2 heterocycles. The molecule has 0 aromatic carbocycles. The fourth-order valence-electron chi connectivity index (χ4n) is 2.04. The lowest BCUT2D eigenvalue weighted by molar-refractivity contribution is 0.421. The van der Waals surface area contributed by atoms with E-state index < -0.39 is 0 Å². The van der Waals surface area contributed by atoms with Crippen molar-refractivity contribution < 1.29 is 4.42 Å². The molecule has 0 amide bonds. The van der Waals surface area contributed by atoms with Crippen molar-refractivity contribution in [2.45, 2.75) is 33.2 Å². The van der Waals surface area contributed by atoms with E-state index in [0.717, 1.165) is 36.0 Å². The van der Waals surface area contributed by atoms with Gasteiger partial charge in [-0.05, 0) is 38.9 Å². The predicted molar refractivity (Wildman–Crippen MR) is 71.5 cm³/mol. The van der Waals surface area contributed by atoms with Gasteiger partial charge in [0.25, 0.3) is 0 Å². The molecule has 18 heavy (non-hydrogen) atoms. The molecule has 98 valence electrons. The SMILES string of the molecule is CCCNC(c1ccc(C)o1)c1cnc(C)n1C. The van der Waals surface area contributed by atoms with Crippen LogP contribution in [0.25, 0.3) is 0 Å². The molecular formula is C14H21N3O. The van der Waals surface area contributed by atoms with Crippen LogP contribution in [0.2, 0.25) is 0 Å². The minimum Gasteiger partial charge on any atom is -0.464 e. The third kappa shape index (κ3) is 2.48. The number of furan rings is 1. The number of hydrogen-bond donors (Lipinski definition) is 1. The van der Waals surface area contributed by atoms with E-state index in [2.05, 4.69) is 21.8 Å². The Morgan fingerprint density at radius 1 is 1.39 bits per heavy atom. The van der Waals surface area contributed by atoms with Gasteiger partial charge in [0.15, 0.2) is 0 Å². The number of hydrogen-bond acceptors (Lipinski definition) is 3. The first-order valence-corrected chi connectivity index (χ1v) is 6.41. The third-order valence-electron chi connectivity index (χ3n) is 3.20. The lowest BCUT2D eigenvalue weighted by Crippen LogP contribution is -2.24. The highest BCUT2D eigenvalue weighted by Gasteiger charge is 2.20. The van der Waals surface area contributed by atoms with Gasteiger partial charge in [0.05, 0.1) is 11.9 Å². The second-order valence-corrected chi connectivity index (χ2v) is 4.62. The molecular weight excluding hydrogens is 226 g/mol. The standard InChI is InChI=1S/C14H21N3O/c1-5-8-15-14(13-7-6-10(2)18-13)12-9-16-11(3)17(12)4/h6-7,9,14-15H,5,8H2,1-4H3. The topological polar surface area (TPSA) is 43.0 Å². The first-order valence-electron chi connectivity index (χ1n) is 6.41. The van der Waals surface area contributed by atoms with E-state index in [1.165, 1.54) is 0 Å². The molecule has 0 aliphatic rings. The highest BCUT2D eigenvalue weighted by Crippen LogP contribution is 2.24. The van der Waals surface area contributed by atoms with Crippen LogP contribution in [0.3, 0.4) is 0 Å². The predicted octanol–water partition coefficient (Wildman–Crippen LogP) is 2.72. The van der Waals surface area contributed by atoms with E-state index in [1.807, 2.05) is 39.2 Å². The van der Waals surface area contributed by atoms with Gasteiger partial charge in [0, 0.05) is 7.05 Å². The van der Waals surface area contributed by atoms with Crippen molar-refractivity contribution in [3.8, 4) is 0 Å². The smallest absolute Gasteiger partial charge is 0.127 e. The zero-order chi connectivity index (χ0) is 13.1. The Hall–Kier alpha value is -1.55. The summed E-state index contributed by atoms with van der Waals surface area (Å²) in [6, 6.07) is 4.11. The molecule has 0 fully saturated rings. The second kappa shape index (κ2) is 5.40. The molecule has 0 radical (unpaired) electrons. The van der Waals surface area contributed by atoms with Crippen molar-refractivity contribution in [3.05, 3.63) is 41.4 Å². The number of aromatic nitrogens is 2. The monoisotopic (exact) mass is 247 g/mol. The Balaban J connectivity index is 2.33. The summed E-state index contributed by atoms with van der Waals surface area (Å²) in [7, 11) is 2.04. The van der Waals surface area contributed by atoms with Gasteiger partial charge in [0.1, 0.15) is 23.4 Å². The van der Waals surface area contributed by atoms with Crippen LogP contribution in [0.15, 0.2) is 22.7 Å². The van der Waals surface area contributed by atoms with Crippen molar-refractivity contribution in [2.24, 2.45) is 7.05 Å². The molecule has 0 aliphatic carbocycles. The average Bonchev–Trinajstić information content (AvgIpc) is 2.90. The quantitative estimate of drug-likeness (QED) is 0.883. The minimum absolute atomic E-state index is 0.0739. The molecule has 1 N–H and O–H groups in total. The van der Waals surface area contributed by atoms with E-state index in [-0.39, 0.29) is 6.04 Å². The second-order valence-electron chi connectivity index (χ2n) is 4.62. The maximum atomic E-state index is 5.76. The van der Waals surface area contributed by atoms with E-state index >= 15 is 0 Å². The summed E-state index contributed by atoms with van der Waals surface area (Å²) < 4.78 is 7.86. The van der Waals surface area contributed by atoms with Crippen LogP contribution in [0.4, 0.5) is 0 Å². The molecule has 4 nitrogen and oxygen atoms in total. The molecule has 0 bridgehead atoms. The van der Waals surface area contributed by atoms with Gasteiger partial charge >= 0.3 is 0 Å². The highest BCUT2D eigenvalue weighted by molar-refractivity contribution is 5.22. The van der Waals surface area contributed by atoms with Crippen molar-refractivity contribution in [1.29, 1.82) is 0 Å².